The highest BCUT2D eigenvalue weighted by atomic mass is 16.4. The zero-order valence-electron chi connectivity index (χ0n) is 14.2. The van der Waals surface area contributed by atoms with Crippen molar-refractivity contribution in [3.63, 3.8) is 0 Å². The number of nitrogens with zero attached hydrogens (tertiary/aromatic N) is 2. The largest absolute Gasteiger partial charge is 0.436 e. The average molecular weight is 334 g/mol. The minimum Gasteiger partial charge on any atom is -0.436 e. The van der Waals surface area contributed by atoms with Crippen LogP contribution < -0.4 is 10.5 Å². The molecule has 0 N–H and O–H groups in total. The van der Waals surface area contributed by atoms with E-state index in [9.17, 15) is 4.79 Å². The Balaban J connectivity index is 1.96. The van der Waals surface area contributed by atoms with Gasteiger partial charge >= 0.3 is 5.63 Å². The Hall–Kier alpha value is -3.08. The van der Waals surface area contributed by atoms with Crippen LogP contribution >= 0.6 is 0 Å². The van der Waals surface area contributed by atoms with Crippen molar-refractivity contribution >= 4 is 27.8 Å². The lowest BCUT2D eigenvalue weighted by molar-refractivity contribution is 0.553. The van der Waals surface area contributed by atoms with E-state index in [1.807, 2.05) is 42.5 Å². The number of aromatic nitrogens is 1. The zero-order chi connectivity index (χ0) is 17.4. The van der Waals surface area contributed by atoms with E-state index in [4.69, 9.17) is 8.83 Å². The Kier molecular flexibility index (Phi) is 3.76. The molecule has 25 heavy (non-hydrogen) atoms. The van der Waals surface area contributed by atoms with Crippen LogP contribution in [0.25, 0.3) is 33.5 Å². The third kappa shape index (κ3) is 2.58. The van der Waals surface area contributed by atoms with E-state index in [2.05, 4.69) is 23.7 Å². The van der Waals surface area contributed by atoms with Crippen LogP contribution in [-0.4, -0.2) is 18.1 Å². The minimum absolute atomic E-state index is 0.284. The molecule has 5 nitrogen and oxygen atoms in total. The second-order valence-corrected chi connectivity index (χ2v) is 5.80. The summed E-state index contributed by atoms with van der Waals surface area (Å²) in [6, 6.07) is 15.0. The molecule has 0 unspecified atom stereocenters. The molecular formula is C20H18N2O3. The van der Waals surface area contributed by atoms with Crippen LogP contribution in [0, 0.1) is 0 Å². The summed E-state index contributed by atoms with van der Waals surface area (Å²) in [4.78, 5) is 19.1. The van der Waals surface area contributed by atoms with Crippen LogP contribution in [-0.2, 0) is 0 Å². The first-order chi connectivity index (χ1) is 12.2. The van der Waals surface area contributed by atoms with Crippen molar-refractivity contribution in [3.05, 3.63) is 59.0 Å². The number of fused-ring (bicyclic) bond motifs is 2. The molecule has 4 rings (SSSR count). The summed E-state index contributed by atoms with van der Waals surface area (Å²) in [5, 5.41) is 0.878. The number of anilines is 1. The third-order valence-electron chi connectivity index (χ3n) is 4.38. The van der Waals surface area contributed by atoms with Gasteiger partial charge in [0.1, 0.15) is 16.7 Å². The summed E-state index contributed by atoms with van der Waals surface area (Å²) in [5.41, 5.74) is 2.85. The standard InChI is InChI=1S/C20H18N2O3/c1-3-22(4-2)16-9-7-11-17-13(16)12-14(20(23)25-17)19-21-15-8-5-6-10-18(15)24-19/h5-12H,3-4H2,1-2H3. The van der Waals surface area contributed by atoms with E-state index < -0.39 is 5.63 Å². The van der Waals surface area contributed by atoms with Gasteiger partial charge in [0.05, 0.1) is 0 Å². The highest BCUT2D eigenvalue weighted by Crippen LogP contribution is 2.30. The van der Waals surface area contributed by atoms with Gasteiger partial charge in [-0.15, -0.1) is 0 Å². The summed E-state index contributed by atoms with van der Waals surface area (Å²) in [6.07, 6.45) is 0. The lowest BCUT2D eigenvalue weighted by Gasteiger charge is -2.22. The highest BCUT2D eigenvalue weighted by Gasteiger charge is 2.17. The topological polar surface area (TPSA) is 59.5 Å². The molecule has 0 saturated heterocycles. The van der Waals surface area contributed by atoms with Gasteiger partial charge in [0.25, 0.3) is 0 Å². The van der Waals surface area contributed by atoms with Crippen molar-refractivity contribution in [2.24, 2.45) is 0 Å². The predicted octanol–water partition coefficient (Wildman–Crippen LogP) is 4.45. The molecule has 0 spiro atoms. The Morgan fingerprint density at radius 2 is 1.72 bits per heavy atom. The van der Waals surface area contributed by atoms with Crippen molar-refractivity contribution in [1.82, 2.24) is 4.98 Å². The van der Waals surface area contributed by atoms with Crippen LogP contribution in [0.5, 0.6) is 0 Å². The van der Waals surface area contributed by atoms with Gasteiger partial charge in [-0.05, 0) is 44.2 Å². The van der Waals surface area contributed by atoms with Gasteiger partial charge in [-0.2, -0.15) is 0 Å². The molecule has 2 aromatic carbocycles. The van der Waals surface area contributed by atoms with Crippen molar-refractivity contribution < 1.29 is 8.83 Å². The first-order valence-corrected chi connectivity index (χ1v) is 8.39. The molecule has 0 amide bonds. The van der Waals surface area contributed by atoms with Gasteiger partial charge in [-0.1, -0.05) is 18.2 Å². The van der Waals surface area contributed by atoms with Crippen molar-refractivity contribution in [1.29, 1.82) is 0 Å². The second-order valence-electron chi connectivity index (χ2n) is 5.80. The first-order valence-electron chi connectivity index (χ1n) is 8.39. The fourth-order valence-corrected chi connectivity index (χ4v) is 3.10. The molecule has 126 valence electrons. The summed E-state index contributed by atoms with van der Waals surface area (Å²) in [5.74, 6) is 0.284. The summed E-state index contributed by atoms with van der Waals surface area (Å²) in [6.45, 7) is 5.94. The van der Waals surface area contributed by atoms with Crippen molar-refractivity contribution in [2.75, 3.05) is 18.0 Å². The maximum absolute atomic E-state index is 12.5. The monoisotopic (exact) mass is 334 g/mol. The Bertz CT molecular complexity index is 1070. The summed E-state index contributed by atoms with van der Waals surface area (Å²) < 4.78 is 11.3. The van der Waals surface area contributed by atoms with E-state index in [0.29, 0.717) is 22.2 Å². The van der Waals surface area contributed by atoms with Crippen LogP contribution in [0.15, 0.2) is 62.2 Å². The number of hydrogen-bond acceptors (Lipinski definition) is 5. The molecule has 2 heterocycles. The van der Waals surface area contributed by atoms with Gasteiger partial charge in [0.15, 0.2) is 5.58 Å². The fraction of sp³-hybridized carbons (Fsp3) is 0.200. The van der Waals surface area contributed by atoms with Crippen LogP contribution in [0.2, 0.25) is 0 Å². The minimum atomic E-state index is -0.448. The SMILES string of the molecule is CCN(CC)c1cccc2oc(=O)c(-c3nc4ccccc4o3)cc12. The Morgan fingerprint density at radius 1 is 0.960 bits per heavy atom. The third-order valence-corrected chi connectivity index (χ3v) is 4.38. The Morgan fingerprint density at radius 3 is 2.48 bits per heavy atom. The molecule has 4 aromatic rings. The van der Waals surface area contributed by atoms with E-state index in [0.717, 1.165) is 24.2 Å². The average Bonchev–Trinajstić information content (AvgIpc) is 3.06. The summed E-state index contributed by atoms with van der Waals surface area (Å²) >= 11 is 0. The van der Waals surface area contributed by atoms with Gasteiger partial charge < -0.3 is 13.7 Å². The molecule has 0 aliphatic heterocycles. The molecule has 0 saturated carbocycles. The van der Waals surface area contributed by atoms with Gasteiger partial charge in [0, 0.05) is 24.2 Å². The van der Waals surface area contributed by atoms with Crippen LogP contribution in [0.3, 0.4) is 0 Å². The molecule has 2 aromatic heterocycles. The Labute approximate surface area is 144 Å². The molecule has 0 radical (unpaired) electrons. The lowest BCUT2D eigenvalue weighted by atomic mass is 10.1. The van der Waals surface area contributed by atoms with Gasteiger partial charge in [-0.3, -0.25) is 0 Å². The lowest BCUT2D eigenvalue weighted by Crippen LogP contribution is -2.22. The number of hydrogen-bond donors (Lipinski definition) is 0. The quantitative estimate of drug-likeness (QED) is 0.516. The number of para-hydroxylation sites is 2. The maximum atomic E-state index is 12.5. The van der Waals surface area contributed by atoms with E-state index >= 15 is 0 Å². The molecule has 0 bridgehead atoms. The van der Waals surface area contributed by atoms with Gasteiger partial charge in [0.2, 0.25) is 5.89 Å². The fourth-order valence-electron chi connectivity index (χ4n) is 3.10. The predicted molar refractivity (Wildman–Crippen MR) is 99.0 cm³/mol. The highest BCUT2D eigenvalue weighted by molar-refractivity contribution is 5.93. The first kappa shape index (κ1) is 15.4. The summed E-state index contributed by atoms with van der Waals surface area (Å²) in [7, 11) is 0. The second kappa shape index (κ2) is 6.09. The number of oxazole rings is 1. The number of rotatable bonds is 4. The van der Waals surface area contributed by atoms with Crippen LogP contribution in [0.1, 0.15) is 13.8 Å². The maximum Gasteiger partial charge on any atom is 0.349 e. The van der Waals surface area contributed by atoms with E-state index in [-0.39, 0.29) is 5.89 Å². The van der Waals surface area contributed by atoms with E-state index in [1.54, 1.807) is 6.07 Å². The zero-order valence-corrected chi connectivity index (χ0v) is 14.2. The molecule has 0 aliphatic rings. The van der Waals surface area contributed by atoms with Crippen molar-refractivity contribution in [3.8, 4) is 11.5 Å². The smallest absolute Gasteiger partial charge is 0.349 e. The van der Waals surface area contributed by atoms with Crippen LogP contribution in [0.4, 0.5) is 5.69 Å². The molecule has 0 atom stereocenters. The molecule has 0 fully saturated rings. The van der Waals surface area contributed by atoms with Gasteiger partial charge in [-0.25, -0.2) is 9.78 Å². The molecular weight excluding hydrogens is 316 g/mol. The normalized spacial score (nSPS) is 11.3. The number of benzene rings is 2. The molecule has 5 heteroatoms. The van der Waals surface area contributed by atoms with E-state index in [1.165, 1.54) is 0 Å². The molecule has 0 aliphatic carbocycles. The van der Waals surface area contributed by atoms with Crippen molar-refractivity contribution in [2.45, 2.75) is 13.8 Å².